The van der Waals surface area contributed by atoms with Crippen molar-refractivity contribution in [2.24, 2.45) is 0 Å². The third kappa shape index (κ3) is 2.11. The summed E-state index contributed by atoms with van der Waals surface area (Å²) in [5.74, 6) is -0.0416. The number of aromatic amines is 2. The molecule has 3 N–H and O–H groups in total. The fourth-order valence-electron chi connectivity index (χ4n) is 4.72. The summed E-state index contributed by atoms with van der Waals surface area (Å²) in [7, 11) is 0. The molecule has 5 heteroatoms. The Morgan fingerprint density at radius 1 is 0.724 bits per heavy atom. The first-order chi connectivity index (χ1) is 14.2. The maximum Gasteiger partial charge on any atom is 0.244 e. The zero-order valence-electron chi connectivity index (χ0n) is 15.3. The molecule has 3 heterocycles. The monoisotopic (exact) mass is 441 g/mol. The first-order valence-electron chi connectivity index (χ1n) is 9.44. The molecule has 1 aliphatic rings. The van der Waals surface area contributed by atoms with E-state index in [1.165, 1.54) is 0 Å². The summed E-state index contributed by atoms with van der Waals surface area (Å²) in [6, 6.07) is 22.2. The molecule has 6 rings (SSSR count). The number of rotatable bonds is 2. The predicted octanol–water partition coefficient (Wildman–Crippen LogP) is 5.70. The SMILES string of the molecule is O=C1Nc2ccc(Br)cc2C1(c1c[nH]c2ccccc12)c1c[nH]c2ccccc12. The van der Waals surface area contributed by atoms with Crippen LogP contribution >= 0.6 is 15.9 Å². The lowest BCUT2D eigenvalue weighted by Gasteiger charge is -2.28. The lowest BCUT2D eigenvalue weighted by molar-refractivity contribution is -0.118. The minimum Gasteiger partial charge on any atom is -0.361 e. The molecule has 1 aliphatic heterocycles. The standard InChI is InChI=1S/C24H16BrN3O/c25-14-9-10-22-17(11-14)24(23(29)28-22,18-12-26-20-7-3-1-5-15(18)20)19-13-27-21-8-4-2-6-16(19)21/h1-13,26-27H,(H,28,29). The number of carbonyl (C=O) groups is 1. The van der Waals surface area contributed by atoms with Gasteiger partial charge in [0.05, 0.1) is 0 Å². The second-order valence-corrected chi connectivity index (χ2v) is 8.31. The van der Waals surface area contributed by atoms with Gasteiger partial charge in [0.1, 0.15) is 5.41 Å². The van der Waals surface area contributed by atoms with Crippen LogP contribution in [0.5, 0.6) is 0 Å². The lowest BCUT2D eigenvalue weighted by Crippen LogP contribution is -2.36. The van der Waals surface area contributed by atoms with E-state index in [4.69, 9.17) is 0 Å². The number of anilines is 1. The molecular weight excluding hydrogens is 426 g/mol. The number of aromatic nitrogens is 2. The number of hydrogen-bond donors (Lipinski definition) is 3. The van der Waals surface area contributed by atoms with Crippen LogP contribution in [0.4, 0.5) is 5.69 Å². The zero-order chi connectivity index (χ0) is 19.6. The number of benzene rings is 3. The number of fused-ring (bicyclic) bond motifs is 3. The van der Waals surface area contributed by atoms with Gasteiger partial charge in [0.2, 0.25) is 5.91 Å². The molecule has 140 valence electrons. The van der Waals surface area contributed by atoms with Gasteiger partial charge < -0.3 is 15.3 Å². The van der Waals surface area contributed by atoms with Crippen LogP contribution in [0.3, 0.4) is 0 Å². The Balaban J connectivity index is 1.81. The Morgan fingerprint density at radius 2 is 1.31 bits per heavy atom. The van der Waals surface area contributed by atoms with Crippen LogP contribution in [0, 0.1) is 0 Å². The summed E-state index contributed by atoms with van der Waals surface area (Å²) in [6.45, 7) is 0. The molecule has 0 fully saturated rings. The summed E-state index contributed by atoms with van der Waals surface area (Å²) in [5.41, 5.74) is 4.76. The van der Waals surface area contributed by atoms with Gasteiger partial charge in [0.25, 0.3) is 0 Å². The molecule has 2 aromatic heterocycles. The van der Waals surface area contributed by atoms with Crippen molar-refractivity contribution >= 4 is 49.3 Å². The number of halogens is 1. The molecule has 0 saturated heterocycles. The van der Waals surface area contributed by atoms with Gasteiger partial charge >= 0.3 is 0 Å². The maximum absolute atomic E-state index is 13.8. The molecule has 0 unspecified atom stereocenters. The van der Waals surface area contributed by atoms with Crippen molar-refractivity contribution in [3.63, 3.8) is 0 Å². The van der Waals surface area contributed by atoms with Crippen molar-refractivity contribution in [1.82, 2.24) is 9.97 Å². The maximum atomic E-state index is 13.8. The van der Waals surface area contributed by atoms with Crippen LogP contribution < -0.4 is 5.32 Å². The summed E-state index contributed by atoms with van der Waals surface area (Å²) in [4.78, 5) is 20.5. The second kappa shape index (κ2) is 5.84. The van der Waals surface area contributed by atoms with E-state index in [2.05, 4.69) is 49.4 Å². The first-order valence-corrected chi connectivity index (χ1v) is 10.2. The van der Waals surface area contributed by atoms with Crippen molar-refractivity contribution in [2.75, 3.05) is 5.32 Å². The minimum atomic E-state index is -0.960. The second-order valence-electron chi connectivity index (χ2n) is 7.39. The molecule has 0 spiro atoms. The highest BCUT2D eigenvalue weighted by Gasteiger charge is 2.52. The Labute approximate surface area is 175 Å². The topological polar surface area (TPSA) is 60.7 Å². The van der Waals surface area contributed by atoms with E-state index in [9.17, 15) is 4.79 Å². The van der Waals surface area contributed by atoms with E-state index in [1.54, 1.807) is 0 Å². The third-order valence-corrected chi connectivity index (χ3v) is 6.45. The van der Waals surface area contributed by atoms with Crippen LogP contribution in [-0.2, 0) is 10.2 Å². The molecule has 5 aromatic rings. The van der Waals surface area contributed by atoms with Crippen LogP contribution in [0.15, 0.2) is 83.6 Å². The molecule has 3 aromatic carbocycles. The van der Waals surface area contributed by atoms with Gasteiger partial charge in [-0.2, -0.15) is 0 Å². The lowest BCUT2D eigenvalue weighted by atomic mass is 9.70. The van der Waals surface area contributed by atoms with Gasteiger partial charge in [-0.15, -0.1) is 0 Å². The largest absolute Gasteiger partial charge is 0.361 e. The van der Waals surface area contributed by atoms with Crippen LogP contribution in [0.25, 0.3) is 21.8 Å². The van der Waals surface area contributed by atoms with Gasteiger partial charge in [0.15, 0.2) is 0 Å². The highest BCUT2D eigenvalue weighted by Crippen LogP contribution is 2.51. The van der Waals surface area contributed by atoms with Gasteiger partial charge in [0, 0.05) is 61.0 Å². The van der Waals surface area contributed by atoms with Crippen molar-refractivity contribution < 1.29 is 4.79 Å². The number of H-pyrrole nitrogens is 2. The Morgan fingerprint density at radius 3 is 1.93 bits per heavy atom. The first kappa shape index (κ1) is 16.6. The molecule has 0 saturated carbocycles. The van der Waals surface area contributed by atoms with E-state index >= 15 is 0 Å². The normalized spacial score (nSPS) is 15.0. The van der Waals surface area contributed by atoms with Crippen LogP contribution in [0.1, 0.15) is 16.7 Å². The Bertz CT molecular complexity index is 1350. The zero-order valence-corrected chi connectivity index (χ0v) is 16.9. The summed E-state index contributed by atoms with van der Waals surface area (Å²) in [5, 5.41) is 5.22. The molecule has 4 nitrogen and oxygen atoms in total. The summed E-state index contributed by atoms with van der Waals surface area (Å²) < 4.78 is 0.941. The Kier molecular flexibility index (Phi) is 3.35. The van der Waals surface area contributed by atoms with Gasteiger partial charge in [-0.25, -0.2) is 0 Å². The number of hydrogen-bond acceptors (Lipinski definition) is 1. The fraction of sp³-hybridized carbons (Fsp3) is 0.0417. The molecule has 0 radical (unpaired) electrons. The van der Waals surface area contributed by atoms with Gasteiger partial charge in [-0.05, 0) is 30.3 Å². The van der Waals surface area contributed by atoms with Crippen LogP contribution in [0.2, 0.25) is 0 Å². The number of para-hydroxylation sites is 2. The van der Waals surface area contributed by atoms with E-state index in [0.29, 0.717) is 0 Å². The van der Waals surface area contributed by atoms with E-state index in [-0.39, 0.29) is 5.91 Å². The molecule has 0 bridgehead atoms. The van der Waals surface area contributed by atoms with Crippen molar-refractivity contribution in [1.29, 1.82) is 0 Å². The smallest absolute Gasteiger partial charge is 0.244 e. The number of nitrogens with one attached hydrogen (secondary N) is 3. The predicted molar refractivity (Wildman–Crippen MR) is 119 cm³/mol. The molecule has 1 amide bonds. The highest BCUT2D eigenvalue weighted by atomic mass is 79.9. The average Bonchev–Trinajstić information content (AvgIpc) is 3.42. The van der Waals surface area contributed by atoms with E-state index < -0.39 is 5.41 Å². The van der Waals surface area contributed by atoms with Gasteiger partial charge in [-0.1, -0.05) is 52.3 Å². The van der Waals surface area contributed by atoms with Crippen LogP contribution in [-0.4, -0.2) is 15.9 Å². The fourth-order valence-corrected chi connectivity index (χ4v) is 5.08. The Hall–Kier alpha value is -3.31. The molecule has 29 heavy (non-hydrogen) atoms. The van der Waals surface area contributed by atoms with E-state index in [0.717, 1.165) is 48.7 Å². The molecule has 0 atom stereocenters. The summed E-state index contributed by atoms with van der Waals surface area (Å²) >= 11 is 3.61. The molecular formula is C24H16BrN3O. The van der Waals surface area contributed by atoms with E-state index in [1.807, 2.05) is 60.9 Å². The average molecular weight is 442 g/mol. The third-order valence-electron chi connectivity index (χ3n) is 5.96. The molecule has 0 aliphatic carbocycles. The van der Waals surface area contributed by atoms with Gasteiger partial charge in [-0.3, -0.25) is 4.79 Å². The number of carbonyl (C=O) groups excluding carboxylic acids is 1. The van der Waals surface area contributed by atoms with Crippen molar-refractivity contribution in [2.45, 2.75) is 5.41 Å². The minimum absolute atomic E-state index is 0.0416. The summed E-state index contributed by atoms with van der Waals surface area (Å²) in [6.07, 6.45) is 3.95. The van der Waals surface area contributed by atoms with Crippen molar-refractivity contribution in [3.05, 3.63) is 100 Å². The highest BCUT2D eigenvalue weighted by molar-refractivity contribution is 9.10. The number of amides is 1. The van der Waals surface area contributed by atoms with Crippen molar-refractivity contribution in [3.8, 4) is 0 Å². The quantitative estimate of drug-likeness (QED) is 0.323.